The molecule has 0 saturated carbocycles. The molecule has 0 amide bonds. The number of hydrogen-bond donors (Lipinski definition) is 1. The Balaban J connectivity index is 2.11. The second-order valence-corrected chi connectivity index (χ2v) is 3.96. The number of hydrogen-bond acceptors (Lipinski definition) is 4. The van der Waals surface area contributed by atoms with Crippen molar-refractivity contribution in [3.05, 3.63) is 42.4 Å². The Morgan fingerprint density at radius 2 is 1.95 bits per heavy atom. The molecule has 1 aromatic carbocycles. The zero-order chi connectivity index (χ0) is 13.5. The monoisotopic (exact) mass is 261 g/mol. The molecular formula is C15H19NO3. The molecule has 2 rings (SSSR count). The Morgan fingerprint density at radius 3 is 2.63 bits per heavy atom. The van der Waals surface area contributed by atoms with Crippen LogP contribution >= 0.6 is 0 Å². The minimum Gasteiger partial charge on any atom is -0.494 e. The van der Waals surface area contributed by atoms with Crippen molar-refractivity contribution in [1.29, 1.82) is 0 Å². The van der Waals surface area contributed by atoms with E-state index in [1.54, 1.807) is 6.26 Å². The molecule has 4 heteroatoms. The van der Waals surface area contributed by atoms with Crippen LogP contribution in [-0.2, 0) is 6.54 Å². The van der Waals surface area contributed by atoms with Gasteiger partial charge in [-0.05, 0) is 38.1 Å². The average Bonchev–Trinajstić information content (AvgIpc) is 2.92. The van der Waals surface area contributed by atoms with Crippen LogP contribution in [0.5, 0.6) is 11.5 Å². The van der Waals surface area contributed by atoms with Crippen molar-refractivity contribution in [2.75, 3.05) is 18.5 Å². The van der Waals surface area contributed by atoms with Gasteiger partial charge in [-0.2, -0.15) is 0 Å². The summed E-state index contributed by atoms with van der Waals surface area (Å²) >= 11 is 0. The molecule has 1 aromatic heterocycles. The van der Waals surface area contributed by atoms with Gasteiger partial charge in [0.05, 0.1) is 31.7 Å². The summed E-state index contributed by atoms with van der Waals surface area (Å²) in [6.07, 6.45) is 1.66. The van der Waals surface area contributed by atoms with Crippen molar-refractivity contribution < 1.29 is 13.9 Å². The number of nitrogens with one attached hydrogen (secondary N) is 1. The van der Waals surface area contributed by atoms with Crippen LogP contribution in [0, 0.1) is 0 Å². The number of anilines is 1. The maximum atomic E-state index is 5.59. The summed E-state index contributed by atoms with van der Waals surface area (Å²) in [7, 11) is 0. The topological polar surface area (TPSA) is 43.6 Å². The minimum absolute atomic E-state index is 0.614. The third-order valence-electron chi connectivity index (χ3n) is 2.60. The molecule has 19 heavy (non-hydrogen) atoms. The quantitative estimate of drug-likeness (QED) is 0.825. The van der Waals surface area contributed by atoms with E-state index in [0.717, 1.165) is 22.9 Å². The first-order valence-electron chi connectivity index (χ1n) is 6.49. The molecule has 0 saturated heterocycles. The molecule has 1 heterocycles. The van der Waals surface area contributed by atoms with Crippen LogP contribution in [0.2, 0.25) is 0 Å². The fourth-order valence-electron chi connectivity index (χ4n) is 1.78. The van der Waals surface area contributed by atoms with Gasteiger partial charge in [0.1, 0.15) is 17.3 Å². The lowest BCUT2D eigenvalue weighted by Gasteiger charge is -2.13. The van der Waals surface area contributed by atoms with Crippen molar-refractivity contribution in [1.82, 2.24) is 0 Å². The van der Waals surface area contributed by atoms with Crippen LogP contribution in [0.15, 0.2) is 41.0 Å². The second-order valence-electron chi connectivity index (χ2n) is 3.96. The van der Waals surface area contributed by atoms with E-state index in [1.165, 1.54) is 0 Å². The maximum Gasteiger partial charge on any atom is 0.142 e. The van der Waals surface area contributed by atoms with E-state index in [0.29, 0.717) is 19.8 Å². The highest BCUT2D eigenvalue weighted by atomic mass is 16.5. The number of furan rings is 1. The van der Waals surface area contributed by atoms with E-state index in [-0.39, 0.29) is 0 Å². The van der Waals surface area contributed by atoms with Crippen molar-refractivity contribution in [3.63, 3.8) is 0 Å². The molecule has 1 N–H and O–H groups in total. The van der Waals surface area contributed by atoms with E-state index in [2.05, 4.69) is 5.32 Å². The molecule has 0 radical (unpaired) electrons. The molecule has 0 fully saturated rings. The summed E-state index contributed by atoms with van der Waals surface area (Å²) in [6.45, 7) is 5.82. The maximum absolute atomic E-state index is 5.59. The second kappa shape index (κ2) is 6.73. The van der Waals surface area contributed by atoms with Crippen molar-refractivity contribution >= 4 is 5.69 Å². The van der Waals surface area contributed by atoms with Crippen LogP contribution in [0.1, 0.15) is 19.6 Å². The molecule has 0 bridgehead atoms. The molecule has 0 spiro atoms. The predicted molar refractivity (Wildman–Crippen MR) is 74.8 cm³/mol. The van der Waals surface area contributed by atoms with Crippen LogP contribution in [0.25, 0.3) is 0 Å². The standard InChI is InChI=1S/C15H19NO3/c1-3-17-12-7-8-15(18-4-2)14(10-12)16-11-13-6-5-9-19-13/h5-10,16H,3-4,11H2,1-2H3. The van der Waals surface area contributed by atoms with Crippen molar-refractivity contribution in [3.8, 4) is 11.5 Å². The van der Waals surface area contributed by atoms with Gasteiger partial charge in [0.2, 0.25) is 0 Å². The van der Waals surface area contributed by atoms with Crippen molar-refractivity contribution in [2.45, 2.75) is 20.4 Å². The zero-order valence-corrected chi connectivity index (χ0v) is 11.3. The number of rotatable bonds is 7. The summed E-state index contributed by atoms with van der Waals surface area (Å²) < 4.78 is 16.4. The molecule has 102 valence electrons. The van der Waals surface area contributed by atoms with Crippen molar-refractivity contribution in [2.24, 2.45) is 0 Å². The van der Waals surface area contributed by atoms with Gasteiger partial charge in [0.25, 0.3) is 0 Å². The number of ether oxygens (including phenoxy) is 2. The van der Waals surface area contributed by atoms with Gasteiger partial charge >= 0.3 is 0 Å². The first-order chi connectivity index (χ1) is 9.33. The highest BCUT2D eigenvalue weighted by molar-refractivity contribution is 5.59. The van der Waals surface area contributed by atoms with E-state index in [4.69, 9.17) is 13.9 Å². The summed E-state index contributed by atoms with van der Waals surface area (Å²) in [5.74, 6) is 2.52. The SMILES string of the molecule is CCOc1ccc(OCC)c(NCc2ccco2)c1. The average molecular weight is 261 g/mol. The summed E-state index contributed by atoms with van der Waals surface area (Å²) in [4.78, 5) is 0. The van der Waals surface area contributed by atoms with Gasteiger partial charge in [0, 0.05) is 6.07 Å². The van der Waals surface area contributed by atoms with Gasteiger partial charge < -0.3 is 19.2 Å². The molecule has 0 atom stereocenters. The summed E-state index contributed by atoms with van der Waals surface area (Å²) in [5.41, 5.74) is 0.907. The van der Waals surface area contributed by atoms with Gasteiger partial charge in [-0.25, -0.2) is 0 Å². The van der Waals surface area contributed by atoms with Crippen LogP contribution < -0.4 is 14.8 Å². The lowest BCUT2D eigenvalue weighted by Crippen LogP contribution is -2.03. The summed E-state index contributed by atoms with van der Waals surface area (Å²) in [5, 5.41) is 3.30. The Bertz CT molecular complexity index is 494. The van der Waals surface area contributed by atoms with E-state index in [1.807, 2.05) is 44.2 Å². The number of benzene rings is 1. The molecule has 2 aromatic rings. The smallest absolute Gasteiger partial charge is 0.142 e. The molecule has 0 aliphatic carbocycles. The van der Waals surface area contributed by atoms with Gasteiger partial charge in [-0.3, -0.25) is 0 Å². The van der Waals surface area contributed by atoms with Gasteiger partial charge in [0.15, 0.2) is 0 Å². The molecule has 0 aliphatic heterocycles. The predicted octanol–water partition coefficient (Wildman–Crippen LogP) is 3.69. The Labute approximate surface area is 113 Å². The largest absolute Gasteiger partial charge is 0.494 e. The first kappa shape index (κ1) is 13.3. The van der Waals surface area contributed by atoms with E-state index < -0.39 is 0 Å². The first-order valence-corrected chi connectivity index (χ1v) is 6.49. The summed E-state index contributed by atoms with van der Waals surface area (Å²) in [6, 6.07) is 9.57. The van der Waals surface area contributed by atoms with Gasteiger partial charge in [-0.1, -0.05) is 0 Å². The van der Waals surface area contributed by atoms with Crippen LogP contribution in [0.4, 0.5) is 5.69 Å². The molecule has 0 aliphatic rings. The zero-order valence-electron chi connectivity index (χ0n) is 11.3. The fraction of sp³-hybridized carbons (Fsp3) is 0.333. The normalized spacial score (nSPS) is 10.2. The Morgan fingerprint density at radius 1 is 1.11 bits per heavy atom. The molecule has 4 nitrogen and oxygen atoms in total. The van der Waals surface area contributed by atoms with Crippen LogP contribution in [0.3, 0.4) is 0 Å². The lowest BCUT2D eigenvalue weighted by molar-refractivity contribution is 0.331. The highest BCUT2D eigenvalue weighted by Gasteiger charge is 2.06. The highest BCUT2D eigenvalue weighted by Crippen LogP contribution is 2.29. The Kier molecular flexibility index (Phi) is 4.72. The van der Waals surface area contributed by atoms with Gasteiger partial charge in [-0.15, -0.1) is 0 Å². The molecule has 0 unspecified atom stereocenters. The van der Waals surface area contributed by atoms with E-state index in [9.17, 15) is 0 Å². The van der Waals surface area contributed by atoms with Crippen LogP contribution in [-0.4, -0.2) is 13.2 Å². The van der Waals surface area contributed by atoms with E-state index >= 15 is 0 Å². The molecular weight excluding hydrogens is 242 g/mol. The third kappa shape index (κ3) is 3.68. The Hall–Kier alpha value is -2.10. The lowest BCUT2D eigenvalue weighted by atomic mass is 10.2. The minimum atomic E-state index is 0.614. The fourth-order valence-corrected chi connectivity index (χ4v) is 1.78. The third-order valence-corrected chi connectivity index (χ3v) is 2.60.